The Morgan fingerprint density at radius 1 is 0.949 bits per heavy atom. The third-order valence-corrected chi connectivity index (χ3v) is 10.7. The Labute approximate surface area is 235 Å². The van der Waals surface area contributed by atoms with Gasteiger partial charge in [0.15, 0.2) is 0 Å². The van der Waals surface area contributed by atoms with Crippen LogP contribution in [-0.2, 0) is 19.6 Å². The smallest absolute Gasteiger partial charge is 0.243 e. The summed E-state index contributed by atoms with van der Waals surface area (Å²) in [5.41, 5.74) is 1.13. The van der Waals surface area contributed by atoms with Gasteiger partial charge in [-0.3, -0.25) is 9.59 Å². The minimum atomic E-state index is -3.86. The summed E-state index contributed by atoms with van der Waals surface area (Å²) in [5.74, 6) is 0.954. The molecule has 1 heterocycles. The monoisotopic (exact) mass is 564 g/mol. The van der Waals surface area contributed by atoms with E-state index in [0.29, 0.717) is 28.8 Å². The van der Waals surface area contributed by atoms with Crippen LogP contribution in [0.1, 0.15) is 56.1 Å². The fraction of sp³-hybridized carbons (Fsp3) is 0.724. The van der Waals surface area contributed by atoms with Gasteiger partial charge in [-0.1, -0.05) is 0 Å². The van der Waals surface area contributed by atoms with Crippen molar-refractivity contribution < 1.29 is 22.7 Å². The fourth-order valence-corrected chi connectivity index (χ4v) is 7.67. The lowest BCUT2D eigenvalue weighted by molar-refractivity contribution is -0.134. The first-order valence-corrected chi connectivity index (χ1v) is 15.5. The molecule has 9 nitrogen and oxygen atoms in total. The van der Waals surface area contributed by atoms with E-state index in [1.165, 1.54) is 27.1 Å². The number of hydrogen-bond acceptors (Lipinski definition) is 7. The Balaban J connectivity index is 1.44. The highest BCUT2D eigenvalue weighted by molar-refractivity contribution is 7.89. The van der Waals surface area contributed by atoms with E-state index in [4.69, 9.17) is 4.74 Å². The number of nitrogens with zero attached hydrogens (tertiary/aromatic N) is 4. The summed E-state index contributed by atoms with van der Waals surface area (Å²) in [4.78, 5) is 32.5. The molecular weight excluding hydrogens is 516 g/mol. The molecule has 39 heavy (non-hydrogen) atoms. The number of ether oxygens (including phenoxy) is 1. The zero-order valence-electron chi connectivity index (χ0n) is 24.9. The van der Waals surface area contributed by atoms with Gasteiger partial charge in [0.25, 0.3) is 0 Å². The van der Waals surface area contributed by atoms with Gasteiger partial charge in [-0.05, 0) is 95.8 Å². The molecule has 0 spiro atoms. The second-order valence-corrected chi connectivity index (χ2v) is 13.7. The van der Waals surface area contributed by atoms with Crippen LogP contribution < -0.4 is 4.74 Å². The van der Waals surface area contributed by atoms with Crippen LogP contribution in [0.25, 0.3) is 0 Å². The van der Waals surface area contributed by atoms with Crippen LogP contribution >= 0.6 is 0 Å². The fourth-order valence-electron chi connectivity index (χ4n) is 6.11. The van der Waals surface area contributed by atoms with Gasteiger partial charge in [0.05, 0.1) is 18.6 Å². The van der Waals surface area contributed by atoms with E-state index in [9.17, 15) is 18.0 Å². The third-order valence-electron chi connectivity index (χ3n) is 8.61. The zero-order valence-corrected chi connectivity index (χ0v) is 25.7. The highest BCUT2D eigenvalue weighted by atomic mass is 32.2. The van der Waals surface area contributed by atoms with Crippen molar-refractivity contribution in [2.75, 3.05) is 61.5 Å². The molecule has 1 saturated carbocycles. The van der Waals surface area contributed by atoms with E-state index >= 15 is 0 Å². The van der Waals surface area contributed by atoms with Crippen molar-refractivity contribution in [1.29, 1.82) is 0 Å². The molecule has 1 amide bonds. The number of likely N-dealkylation sites (N-methyl/N-ethyl adjacent to an activating group) is 2. The van der Waals surface area contributed by atoms with Crippen LogP contribution in [0.5, 0.6) is 5.75 Å². The average Bonchev–Trinajstić information content (AvgIpc) is 3.35. The van der Waals surface area contributed by atoms with Crippen LogP contribution in [0.3, 0.4) is 0 Å². The van der Waals surface area contributed by atoms with E-state index in [1.54, 1.807) is 26.0 Å². The highest BCUT2D eigenvalue weighted by Crippen LogP contribution is 2.30. The zero-order chi connectivity index (χ0) is 28.9. The molecule has 3 rings (SSSR count). The minimum absolute atomic E-state index is 0.0287. The summed E-state index contributed by atoms with van der Waals surface area (Å²) in [6, 6.07) is 4.21. The van der Waals surface area contributed by atoms with E-state index in [0.717, 1.165) is 43.1 Å². The Kier molecular flexibility index (Phi) is 11.0. The second kappa shape index (κ2) is 13.6. The number of likely N-dealkylation sites (tertiary alicyclic amines) is 1. The lowest BCUT2D eigenvalue weighted by Gasteiger charge is -2.36. The first-order valence-electron chi connectivity index (χ1n) is 14.1. The van der Waals surface area contributed by atoms with Crippen molar-refractivity contribution in [1.82, 2.24) is 19.0 Å². The maximum absolute atomic E-state index is 13.2. The SMILES string of the molecule is COc1cc(C)c(S(=O)(=O)N(C)CC(=O)CCC(=O)N(C)C2CCC(CN3CCC(N(C)C)C3)CC2)c(C)c1. The number of rotatable bonds is 12. The minimum Gasteiger partial charge on any atom is -0.497 e. The summed E-state index contributed by atoms with van der Waals surface area (Å²) in [7, 11) is 5.24. The molecule has 0 bridgehead atoms. The number of amides is 1. The topological polar surface area (TPSA) is 90.5 Å². The molecule has 0 aromatic heterocycles. The molecule has 220 valence electrons. The summed E-state index contributed by atoms with van der Waals surface area (Å²) in [5, 5.41) is 0. The van der Waals surface area contributed by atoms with Crippen LogP contribution in [0.15, 0.2) is 17.0 Å². The van der Waals surface area contributed by atoms with Gasteiger partial charge in [-0.15, -0.1) is 0 Å². The molecule has 2 aliphatic rings. The van der Waals surface area contributed by atoms with Crippen LogP contribution in [0, 0.1) is 19.8 Å². The Morgan fingerprint density at radius 3 is 2.10 bits per heavy atom. The Morgan fingerprint density at radius 2 is 1.56 bits per heavy atom. The number of carbonyl (C=O) groups is 2. The number of carbonyl (C=O) groups excluding carboxylic acids is 2. The van der Waals surface area contributed by atoms with Crippen molar-refractivity contribution in [3.63, 3.8) is 0 Å². The van der Waals surface area contributed by atoms with Gasteiger partial charge in [0.2, 0.25) is 15.9 Å². The van der Waals surface area contributed by atoms with Crippen molar-refractivity contribution in [3.8, 4) is 5.75 Å². The number of Topliss-reactive ketones (excluding diaryl/α,β-unsaturated/α-hetero) is 1. The summed E-state index contributed by atoms with van der Waals surface area (Å²) >= 11 is 0. The van der Waals surface area contributed by atoms with Gasteiger partial charge in [0, 0.05) is 52.1 Å². The normalized spacial score (nSPS) is 22.4. The summed E-state index contributed by atoms with van der Waals surface area (Å²) in [6.45, 7) is 6.63. The number of benzene rings is 1. The molecule has 1 aromatic rings. The molecule has 2 fully saturated rings. The predicted molar refractivity (Wildman–Crippen MR) is 154 cm³/mol. The van der Waals surface area contributed by atoms with Crippen molar-refractivity contribution in [2.24, 2.45) is 5.92 Å². The lowest BCUT2D eigenvalue weighted by Crippen LogP contribution is -2.41. The number of methoxy groups -OCH3 is 1. The first kappa shape index (κ1) is 31.5. The van der Waals surface area contributed by atoms with Gasteiger partial charge >= 0.3 is 0 Å². The maximum atomic E-state index is 13.2. The van der Waals surface area contributed by atoms with E-state index in [1.807, 2.05) is 11.9 Å². The largest absolute Gasteiger partial charge is 0.497 e. The van der Waals surface area contributed by atoms with Gasteiger partial charge in [0.1, 0.15) is 11.5 Å². The number of hydrogen-bond donors (Lipinski definition) is 0. The Bertz CT molecular complexity index is 1090. The highest BCUT2D eigenvalue weighted by Gasteiger charge is 2.31. The molecule has 1 aliphatic heterocycles. The van der Waals surface area contributed by atoms with Gasteiger partial charge < -0.3 is 19.4 Å². The maximum Gasteiger partial charge on any atom is 0.243 e. The lowest BCUT2D eigenvalue weighted by atomic mass is 9.85. The average molecular weight is 565 g/mol. The van der Waals surface area contributed by atoms with Gasteiger partial charge in [-0.2, -0.15) is 4.31 Å². The molecular formula is C29H48N4O5S. The number of ketones is 1. The second-order valence-electron chi connectivity index (χ2n) is 11.7. The van der Waals surface area contributed by atoms with Crippen LogP contribution in [-0.4, -0.2) is 113 Å². The molecule has 1 saturated heterocycles. The standard InChI is InChI=1S/C29H48N4O5S/c1-21-16-27(38-7)17-22(2)29(21)39(36,37)31(5)20-26(34)12-13-28(35)32(6)24-10-8-23(9-11-24)18-33-15-14-25(19-33)30(3)4/h16-17,23-25H,8-15,18-20H2,1-7H3. The van der Waals surface area contributed by atoms with Crippen LogP contribution in [0.4, 0.5) is 0 Å². The summed E-state index contributed by atoms with van der Waals surface area (Å²) in [6.07, 6.45) is 5.60. The third kappa shape index (κ3) is 8.02. The molecule has 0 radical (unpaired) electrons. The first-order chi connectivity index (χ1) is 18.3. The van der Waals surface area contributed by atoms with Gasteiger partial charge in [-0.25, -0.2) is 8.42 Å². The van der Waals surface area contributed by atoms with E-state index in [-0.39, 0.29) is 42.0 Å². The van der Waals surface area contributed by atoms with Crippen molar-refractivity contribution in [3.05, 3.63) is 23.3 Å². The molecule has 10 heteroatoms. The van der Waals surface area contributed by atoms with E-state index in [2.05, 4.69) is 23.9 Å². The molecule has 1 atom stereocenters. The van der Waals surface area contributed by atoms with E-state index < -0.39 is 10.0 Å². The van der Waals surface area contributed by atoms with Crippen LogP contribution in [0.2, 0.25) is 0 Å². The molecule has 1 aromatic carbocycles. The number of sulfonamides is 1. The van der Waals surface area contributed by atoms with Crippen molar-refractivity contribution in [2.45, 2.75) is 75.8 Å². The molecule has 0 N–H and O–H groups in total. The Hall–Kier alpha value is -2.01. The predicted octanol–water partition coefficient (Wildman–Crippen LogP) is 2.93. The summed E-state index contributed by atoms with van der Waals surface area (Å²) < 4.78 is 32.7. The van der Waals surface area contributed by atoms with Crippen molar-refractivity contribution >= 4 is 21.7 Å². The number of aryl methyl sites for hydroxylation is 2. The molecule has 1 unspecified atom stereocenters. The molecule has 1 aliphatic carbocycles. The quantitative estimate of drug-likeness (QED) is 0.386.